The second-order valence-electron chi connectivity index (χ2n) is 8.59. The van der Waals surface area contributed by atoms with Gasteiger partial charge in [0.15, 0.2) is 0 Å². The predicted molar refractivity (Wildman–Crippen MR) is 142 cm³/mol. The lowest BCUT2D eigenvalue weighted by molar-refractivity contribution is 0.287. The molecule has 0 spiro atoms. The summed E-state index contributed by atoms with van der Waals surface area (Å²) >= 11 is 6.49. The molecule has 10 heteroatoms. The first-order valence-electron chi connectivity index (χ1n) is 11.8. The molecule has 0 radical (unpaired) electrons. The van der Waals surface area contributed by atoms with Crippen molar-refractivity contribution in [3.8, 4) is 39.6 Å². The topological polar surface area (TPSA) is 92.8 Å². The fourth-order valence-corrected chi connectivity index (χ4v) is 4.42. The fourth-order valence-electron chi connectivity index (χ4n) is 4.14. The normalized spacial score (nSPS) is 11.1. The van der Waals surface area contributed by atoms with Crippen molar-refractivity contribution in [3.63, 3.8) is 0 Å². The molecule has 0 fully saturated rings. The molecule has 0 bridgehead atoms. The minimum Gasteiger partial charge on any atom is -0.507 e. The van der Waals surface area contributed by atoms with E-state index in [-0.39, 0.29) is 34.3 Å². The van der Waals surface area contributed by atoms with Gasteiger partial charge in [0.25, 0.3) is 0 Å². The van der Waals surface area contributed by atoms with Crippen molar-refractivity contribution in [2.75, 3.05) is 25.3 Å². The number of phenols is 1. The number of hydrogen-bond acceptors (Lipinski definition) is 6. The van der Waals surface area contributed by atoms with Crippen molar-refractivity contribution >= 4 is 17.3 Å². The van der Waals surface area contributed by atoms with Crippen LogP contribution in [0.5, 0.6) is 11.6 Å². The van der Waals surface area contributed by atoms with E-state index in [0.29, 0.717) is 34.9 Å². The number of hydrogen-bond donors (Lipinski definition) is 2. The van der Waals surface area contributed by atoms with Gasteiger partial charge in [0.2, 0.25) is 5.88 Å². The monoisotopic (exact) mass is 526 g/mol. The molecule has 2 N–H and O–H groups in total. The average Bonchev–Trinajstić information content (AvgIpc) is 3.23. The highest BCUT2D eigenvalue weighted by molar-refractivity contribution is 6.32. The Balaban J connectivity index is 1.79. The summed E-state index contributed by atoms with van der Waals surface area (Å²) in [5.41, 5.74) is 2.10. The third kappa shape index (κ3) is 5.19. The third-order valence-electron chi connectivity index (χ3n) is 6.17. The lowest BCUT2D eigenvalue weighted by Crippen LogP contribution is -2.26. The molecule has 0 aliphatic heterocycles. The molecular weight excluding hydrogens is 499 g/mol. The number of imidazole rings is 1. The van der Waals surface area contributed by atoms with E-state index in [9.17, 15) is 19.4 Å². The first-order valence-corrected chi connectivity index (χ1v) is 12.1. The zero-order valence-electron chi connectivity index (χ0n) is 20.8. The standard InChI is InChI=1S/C27H28ClFN4O4/c1-4-5-8-32(16-34)24-12-18(15-30-26(24)37-3)21-14-19(29)13-20(25(21)35)17-6-7-23(22(28)11-17)33-10-9-31(2)27(33)36/h6-7,9-15,34-35H,4-5,8,16H2,1-3H3. The van der Waals surface area contributed by atoms with Crippen LogP contribution in [-0.2, 0) is 7.05 Å². The first-order chi connectivity index (χ1) is 17.8. The Hall–Kier alpha value is -3.82. The highest BCUT2D eigenvalue weighted by Gasteiger charge is 2.19. The lowest BCUT2D eigenvalue weighted by atomic mass is 9.97. The van der Waals surface area contributed by atoms with Gasteiger partial charge in [0, 0.05) is 48.9 Å². The maximum Gasteiger partial charge on any atom is 0.332 e. The zero-order chi connectivity index (χ0) is 26.7. The van der Waals surface area contributed by atoms with Crippen LogP contribution >= 0.6 is 11.6 Å². The van der Waals surface area contributed by atoms with E-state index in [0.717, 1.165) is 12.8 Å². The largest absolute Gasteiger partial charge is 0.507 e. The van der Waals surface area contributed by atoms with Crippen molar-refractivity contribution in [1.82, 2.24) is 14.1 Å². The second kappa shape index (κ2) is 11.1. The number of rotatable bonds is 9. The Morgan fingerprint density at radius 1 is 1.14 bits per heavy atom. The van der Waals surface area contributed by atoms with Gasteiger partial charge in [0.1, 0.15) is 24.0 Å². The number of benzene rings is 2. The molecule has 0 atom stereocenters. The molecule has 0 saturated heterocycles. The summed E-state index contributed by atoms with van der Waals surface area (Å²) in [5.74, 6) is -0.419. The SMILES string of the molecule is CCCCN(CO)c1cc(-c2cc(F)cc(-c3ccc(-n4ccn(C)c4=O)c(Cl)c3)c2O)cnc1OC. The molecule has 37 heavy (non-hydrogen) atoms. The molecular formula is C27H28ClFN4O4. The van der Waals surface area contributed by atoms with E-state index in [2.05, 4.69) is 4.98 Å². The Labute approximate surface area is 218 Å². The highest BCUT2D eigenvalue weighted by Crippen LogP contribution is 2.42. The summed E-state index contributed by atoms with van der Waals surface area (Å²) in [5, 5.41) is 21.4. The Kier molecular flexibility index (Phi) is 7.85. The van der Waals surface area contributed by atoms with E-state index in [1.165, 1.54) is 34.6 Å². The average molecular weight is 527 g/mol. The fraction of sp³-hybridized carbons (Fsp3) is 0.259. The van der Waals surface area contributed by atoms with E-state index in [1.807, 2.05) is 6.92 Å². The highest BCUT2D eigenvalue weighted by atomic mass is 35.5. The minimum absolute atomic E-state index is 0.163. The molecule has 2 heterocycles. The number of anilines is 1. The van der Waals surface area contributed by atoms with Gasteiger partial charge in [-0.25, -0.2) is 14.2 Å². The van der Waals surface area contributed by atoms with Crippen LogP contribution in [-0.4, -0.2) is 44.7 Å². The van der Waals surface area contributed by atoms with Crippen LogP contribution in [0.15, 0.2) is 59.8 Å². The number of ether oxygens (including phenoxy) is 1. The molecule has 0 amide bonds. The van der Waals surface area contributed by atoms with Crippen molar-refractivity contribution in [3.05, 3.63) is 76.3 Å². The molecule has 4 rings (SSSR count). The van der Waals surface area contributed by atoms with Gasteiger partial charge in [-0.1, -0.05) is 31.0 Å². The summed E-state index contributed by atoms with van der Waals surface area (Å²) in [4.78, 5) is 18.4. The third-order valence-corrected chi connectivity index (χ3v) is 6.47. The maximum absolute atomic E-state index is 14.8. The number of pyridine rings is 1. The molecule has 0 unspecified atom stereocenters. The van der Waals surface area contributed by atoms with Crippen LogP contribution in [0.3, 0.4) is 0 Å². The molecule has 4 aromatic rings. The summed E-state index contributed by atoms with van der Waals surface area (Å²) in [6.45, 7) is 2.37. The number of methoxy groups -OCH3 is 1. The number of nitrogens with zero attached hydrogens (tertiary/aromatic N) is 4. The number of unbranched alkanes of at least 4 members (excludes halogenated alkanes) is 1. The summed E-state index contributed by atoms with van der Waals surface area (Å²) < 4.78 is 23.0. The Morgan fingerprint density at radius 2 is 1.86 bits per heavy atom. The number of halogens is 2. The van der Waals surface area contributed by atoms with E-state index >= 15 is 0 Å². The van der Waals surface area contributed by atoms with Crippen LogP contribution in [0.2, 0.25) is 5.02 Å². The number of aliphatic hydroxyl groups excluding tert-OH is 1. The quantitative estimate of drug-likeness (QED) is 0.299. The Bertz CT molecular complexity index is 1480. The molecule has 2 aromatic carbocycles. The smallest absolute Gasteiger partial charge is 0.332 e. The van der Waals surface area contributed by atoms with Crippen LogP contribution in [0.25, 0.3) is 27.9 Å². The Morgan fingerprint density at radius 3 is 2.46 bits per heavy atom. The maximum atomic E-state index is 14.8. The van der Waals surface area contributed by atoms with Gasteiger partial charge in [-0.05, 0) is 42.3 Å². The van der Waals surface area contributed by atoms with E-state index in [1.54, 1.807) is 48.6 Å². The van der Waals surface area contributed by atoms with Gasteiger partial charge in [-0.2, -0.15) is 0 Å². The van der Waals surface area contributed by atoms with Gasteiger partial charge in [-0.15, -0.1) is 0 Å². The van der Waals surface area contributed by atoms with Crippen LogP contribution < -0.4 is 15.3 Å². The van der Waals surface area contributed by atoms with Crippen LogP contribution in [0.4, 0.5) is 10.1 Å². The number of aromatic nitrogens is 3. The van der Waals surface area contributed by atoms with Crippen molar-refractivity contribution in [2.24, 2.45) is 7.05 Å². The van der Waals surface area contributed by atoms with Gasteiger partial charge in [-0.3, -0.25) is 4.57 Å². The first kappa shape index (κ1) is 26.2. The number of aromatic hydroxyl groups is 1. The molecule has 0 aliphatic carbocycles. The van der Waals surface area contributed by atoms with Crippen molar-refractivity contribution in [1.29, 1.82) is 0 Å². The predicted octanol–water partition coefficient (Wildman–Crippen LogP) is 4.97. The molecule has 194 valence electrons. The van der Waals surface area contributed by atoms with Gasteiger partial charge >= 0.3 is 5.69 Å². The second-order valence-corrected chi connectivity index (χ2v) is 9.00. The van der Waals surface area contributed by atoms with E-state index < -0.39 is 5.82 Å². The lowest BCUT2D eigenvalue weighted by Gasteiger charge is -2.24. The number of phenolic OH excluding ortho intramolecular Hbond substituents is 1. The van der Waals surface area contributed by atoms with Gasteiger partial charge in [0.05, 0.1) is 17.8 Å². The summed E-state index contributed by atoms with van der Waals surface area (Å²) in [6, 6.07) is 9.02. The van der Waals surface area contributed by atoms with Crippen LogP contribution in [0.1, 0.15) is 19.8 Å². The molecule has 2 aromatic heterocycles. The molecule has 0 saturated carbocycles. The minimum atomic E-state index is -0.565. The van der Waals surface area contributed by atoms with Crippen LogP contribution in [0, 0.1) is 5.82 Å². The van der Waals surface area contributed by atoms with Crippen molar-refractivity contribution in [2.45, 2.75) is 19.8 Å². The van der Waals surface area contributed by atoms with Crippen molar-refractivity contribution < 1.29 is 19.3 Å². The zero-order valence-corrected chi connectivity index (χ0v) is 21.5. The summed E-state index contributed by atoms with van der Waals surface area (Å²) in [7, 11) is 3.12. The number of aliphatic hydroxyl groups is 1. The molecule has 0 aliphatic rings. The molecule has 8 nitrogen and oxygen atoms in total. The van der Waals surface area contributed by atoms with E-state index in [4.69, 9.17) is 16.3 Å². The number of aryl methyl sites for hydroxylation is 1. The van der Waals surface area contributed by atoms with Gasteiger partial charge < -0.3 is 24.4 Å². The summed E-state index contributed by atoms with van der Waals surface area (Å²) in [6.07, 6.45) is 6.48.